The van der Waals surface area contributed by atoms with Crippen molar-refractivity contribution in [3.63, 3.8) is 0 Å². The Morgan fingerprint density at radius 3 is 2.36 bits per heavy atom. The van der Waals surface area contributed by atoms with Crippen molar-refractivity contribution in [1.29, 1.82) is 0 Å². The fourth-order valence-corrected chi connectivity index (χ4v) is 6.07. The molecule has 3 rings (SSSR count). The lowest BCUT2D eigenvalue weighted by Gasteiger charge is -2.57. The monoisotopic (exact) mass is 308 g/mol. The molecule has 0 saturated heterocycles. The first kappa shape index (κ1) is 16.4. The van der Waals surface area contributed by atoms with E-state index in [2.05, 4.69) is 13.8 Å². The van der Waals surface area contributed by atoms with E-state index in [0.29, 0.717) is 18.3 Å². The Labute approximate surface area is 134 Å². The topological polar surface area (TPSA) is 57.5 Å². The number of Topliss-reactive ketones (excluding diaryl/α,β-unsaturated/α-hetero) is 1. The van der Waals surface area contributed by atoms with Gasteiger partial charge >= 0.3 is 0 Å². The van der Waals surface area contributed by atoms with E-state index in [-0.39, 0.29) is 34.9 Å². The zero-order chi connectivity index (χ0) is 16.2. The predicted molar refractivity (Wildman–Crippen MR) is 86.2 cm³/mol. The summed E-state index contributed by atoms with van der Waals surface area (Å²) in [5.74, 6) is 1.16. The van der Waals surface area contributed by atoms with Gasteiger partial charge in [-0.15, -0.1) is 0 Å². The number of rotatable bonds is 0. The molecule has 0 aromatic rings. The normalized spacial score (nSPS) is 56.0. The highest BCUT2D eigenvalue weighted by Crippen LogP contribution is 2.58. The van der Waals surface area contributed by atoms with Gasteiger partial charge in [0.1, 0.15) is 5.78 Å². The van der Waals surface area contributed by atoms with Crippen LogP contribution in [0.2, 0.25) is 0 Å². The maximum Gasteiger partial charge on any atom is 0.138 e. The van der Waals surface area contributed by atoms with Gasteiger partial charge in [0, 0.05) is 17.3 Å². The van der Waals surface area contributed by atoms with Gasteiger partial charge in [0.2, 0.25) is 0 Å². The molecule has 0 heterocycles. The molecule has 3 aliphatic carbocycles. The summed E-state index contributed by atoms with van der Waals surface area (Å²) in [5, 5.41) is 22.2. The lowest BCUT2D eigenvalue weighted by Crippen LogP contribution is -2.57. The zero-order valence-electron chi connectivity index (χ0n) is 14.5. The molecule has 2 bridgehead atoms. The number of aliphatic hydroxyl groups is 2. The maximum absolute atomic E-state index is 12.7. The van der Waals surface area contributed by atoms with E-state index < -0.39 is 12.2 Å². The number of ketones is 1. The molecule has 22 heavy (non-hydrogen) atoms. The van der Waals surface area contributed by atoms with Crippen LogP contribution in [0.3, 0.4) is 0 Å². The van der Waals surface area contributed by atoms with Gasteiger partial charge in [-0.1, -0.05) is 27.7 Å². The molecule has 3 unspecified atom stereocenters. The molecule has 126 valence electrons. The molecular formula is C19H32O3. The smallest absolute Gasteiger partial charge is 0.138 e. The second-order valence-corrected chi connectivity index (χ2v) is 8.71. The van der Waals surface area contributed by atoms with Crippen LogP contribution in [0.5, 0.6) is 0 Å². The fraction of sp³-hybridized carbons (Fsp3) is 0.947. The number of hydrogen-bond donors (Lipinski definition) is 2. The summed E-state index contributed by atoms with van der Waals surface area (Å²) in [4.78, 5) is 12.7. The summed E-state index contributed by atoms with van der Waals surface area (Å²) in [6.45, 7) is 8.36. The minimum Gasteiger partial charge on any atom is -0.393 e. The van der Waals surface area contributed by atoms with E-state index >= 15 is 0 Å². The SMILES string of the molecule is C[C@@H]1CCC2CCC3[C@@H](O)C2[C@]1(C)[C@H](O)C[C@H](C)C(=O)[C@@H]3C. The molecular weight excluding hydrogens is 276 g/mol. The van der Waals surface area contributed by atoms with Gasteiger partial charge in [0.25, 0.3) is 0 Å². The first-order valence-electron chi connectivity index (χ1n) is 9.18. The second kappa shape index (κ2) is 5.59. The molecule has 3 fully saturated rings. The van der Waals surface area contributed by atoms with Gasteiger partial charge < -0.3 is 10.2 Å². The third-order valence-corrected chi connectivity index (χ3v) is 7.81. The van der Waals surface area contributed by atoms with E-state index in [4.69, 9.17) is 0 Å². The van der Waals surface area contributed by atoms with Gasteiger partial charge in [0.05, 0.1) is 12.2 Å². The van der Waals surface area contributed by atoms with Crippen LogP contribution < -0.4 is 0 Å². The van der Waals surface area contributed by atoms with Crippen molar-refractivity contribution in [2.45, 2.75) is 72.0 Å². The molecule has 3 aliphatic rings. The van der Waals surface area contributed by atoms with Crippen LogP contribution in [0.4, 0.5) is 0 Å². The van der Waals surface area contributed by atoms with Gasteiger partial charge in [-0.2, -0.15) is 0 Å². The Kier molecular flexibility index (Phi) is 4.18. The number of carbonyl (C=O) groups excluding carboxylic acids is 1. The highest BCUT2D eigenvalue weighted by atomic mass is 16.3. The van der Waals surface area contributed by atoms with Gasteiger partial charge in [-0.05, 0) is 55.8 Å². The van der Waals surface area contributed by atoms with Crippen LogP contribution in [-0.2, 0) is 4.79 Å². The molecule has 9 atom stereocenters. The Hall–Kier alpha value is -0.410. The standard InChI is InChI=1S/C19H32O3/c1-10-9-15(20)19(4)11(2)5-6-13-7-8-14(12(3)17(10)21)18(22)16(13)19/h10-16,18,20,22H,5-9H2,1-4H3/t10-,11+,12+,13?,14?,15+,16?,18+,19-/m0/s1. The maximum atomic E-state index is 12.7. The molecule has 0 aliphatic heterocycles. The average molecular weight is 308 g/mol. The quantitative estimate of drug-likeness (QED) is 0.723. The summed E-state index contributed by atoms with van der Waals surface area (Å²) < 4.78 is 0. The second-order valence-electron chi connectivity index (χ2n) is 8.71. The van der Waals surface area contributed by atoms with Crippen LogP contribution >= 0.6 is 0 Å². The minimum atomic E-state index is -0.493. The van der Waals surface area contributed by atoms with E-state index in [1.807, 2.05) is 13.8 Å². The highest BCUT2D eigenvalue weighted by molar-refractivity contribution is 5.83. The van der Waals surface area contributed by atoms with E-state index in [0.717, 1.165) is 25.7 Å². The first-order valence-corrected chi connectivity index (χ1v) is 9.18. The molecule has 2 N–H and O–H groups in total. The summed E-state index contributed by atoms with van der Waals surface area (Å²) in [6.07, 6.45) is 3.97. The van der Waals surface area contributed by atoms with Crippen LogP contribution in [0, 0.1) is 40.9 Å². The molecule has 3 heteroatoms. The van der Waals surface area contributed by atoms with Crippen molar-refractivity contribution in [2.24, 2.45) is 40.9 Å². The lowest BCUT2D eigenvalue weighted by molar-refractivity contribution is -0.167. The predicted octanol–water partition coefficient (Wildman–Crippen LogP) is 3.03. The van der Waals surface area contributed by atoms with Crippen molar-refractivity contribution in [1.82, 2.24) is 0 Å². The van der Waals surface area contributed by atoms with E-state index in [9.17, 15) is 15.0 Å². The van der Waals surface area contributed by atoms with E-state index in [1.165, 1.54) is 0 Å². The molecule has 0 aromatic carbocycles. The van der Waals surface area contributed by atoms with Gasteiger partial charge in [-0.3, -0.25) is 4.79 Å². The minimum absolute atomic E-state index is 0.0751. The molecule has 0 radical (unpaired) electrons. The summed E-state index contributed by atoms with van der Waals surface area (Å²) in [5.41, 5.74) is -0.264. The first-order chi connectivity index (χ1) is 10.3. The van der Waals surface area contributed by atoms with Crippen LogP contribution in [0.25, 0.3) is 0 Å². The third kappa shape index (κ3) is 2.19. The Bertz CT molecular complexity index is 448. The number of carbonyl (C=O) groups is 1. The van der Waals surface area contributed by atoms with Gasteiger partial charge in [-0.25, -0.2) is 0 Å². The largest absolute Gasteiger partial charge is 0.393 e. The van der Waals surface area contributed by atoms with Crippen molar-refractivity contribution >= 4 is 5.78 Å². The Morgan fingerprint density at radius 1 is 1.05 bits per heavy atom. The van der Waals surface area contributed by atoms with Crippen LogP contribution in [-0.4, -0.2) is 28.2 Å². The molecule has 0 spiro atoms. The van der Waals surface area contributed by atoms with Crippen molar-refractivity contribution in [3.05, 3.63) is 0 Å². The number of aliphatic hydroxyl groups excluding tert-OH is 2. The fourth-order valence-electron chi connectivity index (χ4n) is 6.07. The van der Waals surface area contributed by atoms with Crippen molar-refractivity contribution in [3.8, 4) is 0 Å². The molecule has 0 amide bonds. The zero-order valence-corrected chi connectivity index (χ0v) is 14.5. The Balaban J connectivity index is 2.08. The molecule has 3 nitrogen and oxygen atoms in total. The molecule has 0 aromatic heterocycles. The van der Waals surface area contributed by atoms with Crippen molar-refractivity contribution < 1.29 is 15.0 Å². The van der Waals surface area contributed by atoms with Crippen LogP contribution in [0.15, 0.2) is 0 Å². The highest BCUT2D eigenvalue weighted by Gasteiger charge is 2.58. The average Bonchev–Trinajstić information content (AvgIpc) is 2.49. The summed E-state index contributed by atoms with van der Waals surface area (Å²) >= 11 is 0. The van der Waals surface area contributed by atoms with Crippen LogP contribution in [0.1, 0.15) is 59.8 Å². The lowest BCUT2D eigenvalue weighted by atomic mass is 9.49. The van der Waals surface area contributed by atoms with Gasteiger partial charge in [0.15, 0.2) is 0 Å². The third-order valence-electron chi connectivity index (χ3n) is 7.81. The summed E-state index contributed by atoms with van der Waals surface area (Å²) in [7, 11) is 0. The van der Waals surface area contributed by atoms with E-state index in [1.54, 1.807) is 0 Å². The Morgan fingerprint density at radius 2 is 1.68 bits per heavy atom. The van der Waals surface area contributed by atoms with Crippen molar-refractivity contribution in [2.75, 3.05) is 0 Å². The summed E-state index contributed by atoms with van der Waals surface area (Å²) in [6, 6.07) is 0. The number of hydrogen-bond acceptors (Lipinski definition) is 3. The molecule has 3 saturated carbocycles. The number of fused-ring (bicyclic) bond motifs is 1.